The second-order valence-electron chi connectivity index (χ2n) is 9.14. The number of rotatable bonds is 6. The van der Waals surface area contributed by atoms with Gasteiger partial charge in [0.15, 0.2) is 17.3 Å². The van der Waals surface area contributed by atoms with Crippen molar-refractivity contribution in [1.29, 1.82) is 0 Å². The summed E-state index contributed by atoms with van der Waals surface area (Å²) >= 11 is 0. The largest absolute Gasteiger partial charge is 0.493 e. The molecule has 1 fully saturated rings. The first kappa shape index (κ1) is 23.0. The molecule has 8 nitrogen and oxygen atoms in total. The van der Waals surface area contributed by atoms with Crippen molar-refractivity contribution in [3.05, 3.63) is 59.7 Å². The van der Waals surface area contributed by atoms with Crippen LogP contribution in [-0.4, -0.2) is 65.5 Å². The van der Waals surface area contributed by atoms with E-state index in [0.717, 1.165) is 43.3 Å². The normalized spacial score (nSPS) is 16.0. The molecule has 1 unspecified atom stereocenters. The Bertz CT molecular complexity index is 1070. The van der Waals surface area contributed by atoms with Crippen LogP contribution in [0.25, 0.3) is 0 Å². The van der Waals surface area contributed by atoms with E-state index in [-0.39, 0.29) is 17.4 Å². The minimum atomic E-state index is -0.274. The summed E-state index contributed by atoms with van der Waals surface area (Å²) in [4.78, 5) is 4.66. The summed E-state index contributed by atoms with van der Waals surface area (Å²) in [6, 6.07) is 12.5. The minimum absolute atomic E-state index is 0.158. The Hall–Kier alpha value is -3.20. The van der Waals surface area contributed by atoms with Crippen LogP contribution < -0.4 is 14.4 Å². The third kappa shape index (κ3) is 4.78. The Morgan fingerprint density at radius 2 is 1.58 bits per heavy atom. The van der Waals surface area contributed by atoms with Gasteiger partial charge in [-0.25, -0.2) is 9.07 Å². The molecule has 0 saturated carbocycles. The highest BCUT2D eigenvalue weighted by atomic mass is 19.1. The predicted molar refractivity (Wildman–Crippen MR) is 124 cm³/mol. The molecule has 4 rings (SSSR count). The molecule has 0 N–H and O–H groups in total. The number of anilines is 1. The van der Waals surface area contributed by atoms with E-state index in [4.69, 9.17) is 9.47 Å². The first-order valence-corrected chi connectivity index (χ1v) is 11.1. The first-order valence-electron chi connectivity index (χ1n) is 11.1. The number of ether oxygens (including phenoxy) is 2. The number of nitrogens with zero attached hydrogens (tertiary/aromatic N) is 6. The molecule has 1 saturated heterocycles. The fraction of sp³-hybridized carbons (Fsp3) is 0.458. The van der Waals surface area contributed by atoms with Crippen LogP contribution in [0.4, 0.5) is 10.1 Å². The second kappa shape index (κ2) is 9.35. The van der Waals surface area contributed by atoms with Crippen LogP contribution in [-0.2, 0) is 5.54 Å². The molecule has 33 heavy (non-hydrogen) atoms. The van der Waals surface area contributed by atoms with Gasteiger partial charge in [0, 0.05) is 31.9 Å². The lowest BCUT2D eigenvalue weighted by Gasteiger charge is -2.40. The van der Waals surface area contributed by atoms with Crippen LogP contribution in [0.5, 0.6) is 11.5 Å². The third-order valence-corrected chi connectivity index (χ3v) is 5.97. The van der Waals surface area contributed by atoms with Crippen LogP contribution in [0.3, 0.4) is 0 Å². The zero-order valence-corrected chi connectivity index (χ0v) is 19.8. The van der Waals surface area contributed by atoms with E-state index in [1.807, 2.05) is 35.0 Å². The van der Waals surface area contributed by atoms with Gasteiger partial charge in [0.05, 0.1) is 25.8 Å². The molecular formula is C24H31FN6O2. The number of hydrogen-bond acceptors (Lipinski definition) is 7. The van der Waals surface area contributed by atoms with Crippen molar-refractivity contribution in [3.63, 3.8) is 0 Å². The zero-order valence-electron chi connectivity index (χ0n) is 19.8. The van der Waals surface area contributed by atoms with Gasteiger partial charge >= 0.3 is 0 Å². The summed E-state index contributed by atoms with van der Waals surface area (Å²) in [5, 5.41) is 12.8. The average Bonchev–Trinajstić information content (AvgIpc) is 3.30. The SMILES string of the molecule is COc1ccc(C(c2nnnn2C(C)(C)C)N2CCN(c3ccc(F)cc3)CC2)cc1OC. The second-order valence-corrected chi connectivity index (χ2v) is 9.14. The molecular weight excluding hydrogens is 423 g/mol. The van der Waals surface area contributed by atoms with Crippen molar-refractivity contribution in [3.8, 4) is 11.5 Å². The van der Waals surface area contributed by atoms with E-state index in [1.54, 1.807) is 14.2 Å². The lowest BCUT2D eigenvalue weighted by molar-refractivity contribution is 0.191. The van der Waals surface area contributed by atoms with Gasteiger partial charge in [0.1, 0.15) is 5.82 Å². The van der Waals surface area contributed by atoms with Crippen LogP contribution in [0.1, 0.15) is 38.2 Å². The number of hydrogen-bond donors (Lipinski definition) is 0. The predicted octanol–water partition coefficient (Wildman–Crippen LogP) is 3.50. The van der Waals surface area contributed by atoms with Crippen LogP contribution in [0.15, 0.2) is 42.5 Å². The maximum absolute atomic E-state index is 13.3. The quantitative estimate of drug-likeness (QED) is 0.565. The van der Waals surface area contributed by atoms with E-state index >= 15 is 0 Å². The van der Waals surface area contributed by atoms with E-state index in [0.29, 0.717) is 11.5 Å². The Balaban J connectivity index is 1.67. The minimum Gasteiger partial charge on any atom is -0.493 e. The molecule has 1 aliphatic rings. The Morgan fingerprint density at radius 3 is 2.18 bits per heavy atom. The van der Waals surface area contributed by atoms with Crippen LogP contribution in [0, 0.1) is 5.82 Å². The van der Waals surface area contributed by atoms with Crippen molar-refractivity contribution in [2.24, 2.45) is 0 Å². The summed E-state index contributed by atoms with van der Waals surface area (Å²) in [6.45, 7) is 9.49. The van der Waals surface area contributed by atoms with Crippen molar-refractivity contribution in [2.45, 2.75) is 32.4 Å². The maximum atomic E-state index is 13.3. The molecule has 0 spiro atoms. The van der Waals surface area contributed by atoms with Crippen molar-refractivity contribution < 1.29 is 13.9 Å². The number of benzene rings is 2. The Kier molecular flexibility index (Phi) is 6.51. The molecule has 1 aromatic heterocycles. The molecule has 2 heterocycles. The monoisotopic (exact) mass is 454 g/mol. The van der Waals surface area contributed by atoms with E-state index < -0.39 is 0 Å². The summed E-state index contributed by atoms with van der Waals surface area (Å²) < 4.78 is 26.3. The molecule has 3 aromatic rings. The number of halogens is 1. The molecule has 0 aliphatic carbocycles. The van der Waals surface area contributed by atoms with Gasteiger partial charge in [-0.3, -0.25) is 4.90 Å². The molecule has 0 radical (unpaired) electrons. The summed E-state index contributed by atoms with van der Waals surface area (Å²) in [5.74, 6) is 1.90. The van der Waals surface area contributed by atoms with Gasteiger partial charge in [-0.1, -0.05) is 6.07 Å². The summed E-state index contributed by atoms with van der Waals surface area (Å²) in [5.41, 5.74) is 1.78. The van der Waals surface area contributed by atoms with Crippen LogP contribution >= 0.6 is 0 Å². The van der Waals surface area contributed by atoms with Gasteiger partial charge in [-0.15, -0.1) is 5.10 Å². The highest BCUT2D eigenvalue weighted by Crippen LogP contribution is 2.36. The Labute approximate surface area is 193 Å². The smallest absolute Gasteiger partial charge is 0.173 e. The highest BCUT2D eigenvalue weighted by molar-refractivity contribution is 5.47. The fourth-order valence-electron chi connectivity index (χ4n) is 4.28. The lowest BCUT2D eigenvalue weighted by Crippen LogP contribution is -2.48. The number of piperazine rings is 1. The number of tetrazole rings is 1. The first-order chi connectivity index (χ1) is 15.8. The van der Waals surface area contributed by atoms with Crippen LogP contribution in [0.2, 0.25) is 0 Å². The zero-order chi connectivity index (χ0) is 23.6. The van der Waals surface area contributed by atoms with Gasteiger partial charge in [-0.2, -0.15) is 0 Å². The summed E-state index contributed by atoms with van der Waals surface area (Å²) in [7, 11) is 3.27. The molecule has 9 heteroatoms. The summed E-state index contributed by atoms with van der Waals surface area (Å²) in [6.07, 6.45) is 0. The van der Waals surface area contributed by atoms with E-state index in [1.165, 1.54) is 12.1 Å². The molecule has 0 amide bonds. The number of methoxy groups -OCH3 is 2. The fourth-order valence-corrected chi connectivity index (χ4v) is 4.28. The van der Waals surface area contributed by atoms with E-state index in [2.05, 4.69) is 46.1 Å². The van der Waals surface area contributed by atoms with Crippen molar-refractivity contribution >= 4 is 5.69 Å². The van der Waals surface area contributed by atoms with Crippen molar-refractivity contribution in [1.82, 2.24) is 25.1 Å². The van der Waals surface area contributed by atoms with E-state index in [9.17, 15) is 4.39 Å². The van der Waals surface area contributed by atoms with Crippen molar-refractivity contribution in [2.75, 3.05) is 45.3 Å². The lowest BCUT2D eigenvalue weighted by atomic mass is 10.0. The molecule has 2 aromatic carbocycles. The molecule has 1 aliphatic heterocycles. The third-order valence-electron chi connectivity index (χ3n) is 5.97. The molecule has 1 atom stereocenters. The molecule has 176 valence electrons. The van der Waals surface area contributed by atoms with Gasteiger partial charge in [0.25, 0.3) is 0 Å². The van der Waals surface area contributed by atoms with Gasteiger partial charge < -0.3 is 14.4 Å². The number of aromatic nitrogens is 4. The van der Waals surface area contributed by atoms with Gasteiger partial charge in [0.2, 0.25) is 0 Å². The molecule has 0 bridgehead atoms. The Morgan fingerprint density at radius 1 is 0.909 bits per heavy atom. The topological polar surface area (TPSA) is 68.5 Å². The highest BCUT2D eigenvalue weighted by Gasteiger charge is 2.33. The average molecular weight is 455 g/mol. The van der Waals surface area contributed by atoms with Gasteiger partial charge in [-0.05, 0) is 73.2 Å². The maximum Gasteiger partial charge on any atom is 0.173 e. The standard InChI is InChI=1S/C24H31FN6O2/c1-24(2,3)31-23(26-27-28-31)22(17-6-11-20(32-4)21(16-17)33-5)30-14-12-29(13-15-30)19-9-7-18(25)8-10-19/h6-11,16,22H,12-15H2,1-5H3.